The third kappa shape index (κ3) is 24.5. The Morgan fingerprint density at radius 3 is 1.67 bits per heavy atom. The maximum Gasteiger partial charge on any atom is 0.220 e. The molecule has 302 valence electrons. The van der Waals surface area contributed by atoms with E-state index in [2.05, 4.69) is 55.6 Å². The van der Waals surface area contributed by atoms with Gasteiger partial charge in [0.1, 0.15) is 24.4 Å². The normalized spacial score (nSPS) is 22.3. The summed E-state index contributed by atoms with van der Waals surface area (Å²) >= 11 is 0. The molecule has 1 amide bonds. The van der Waals surface area contributed by atoms with Crippen molar-refractivity contribution < 1.29 is 39.8 Å². The van der Waals surface area contributed by atoms with Crippen LogP contribution in [0.1, 0.15) is 162 Å². The van der Waals surface area contributed by atoms with Crippen molar-refractivity contribution in [1.29, 1.82) is 0 Å². The van der Waals surface area contributed by atoms with Crippen LogP contribution < -0.4 is 5.32 Å². The lowest BCUT2D eigenvalue weighted by Gasteiger charge is -2.40. The molecule has 1 aliphatic rings. The van der Waals surface area contributed by atoms with Crippen molar-refractivity contribution in [2.24, 2.45) is 0 Å². The highest BCUT2D eigenvalue weighted by molar-refractivity contribution is 5.76. The second kappa shape index (κ2) is 33.7. The van der Waals surface area contributed by atoms with E-state index in [9.17, 15) is 30.3 Å². The van der Waals surface area contributed by atoms with Crippen LogP contribution in [0.25, 0.3) is 0 Å². The van der Waals surface area contributed by atoms with Crippen molar-refractivity contribution in [3.05, 3.63) is 48.6 Å². The van der Waals surface area contributed by atoms with Crippen LogP contribution in [0, 0.1) is 0 Å². The van der Waals surface area contributed by atoms with E-state index in [1.807, 2.05) is 6.08 Å². The van der Waals surface area contributed by atoms with Crippen LogP contribution in [0.4, 0.5) is 0 Å². The van der Waals surface area contributed by atoms with Gasteiger partial charge in [-0.2, -0.15) is 0 Å². The lowest BCUT2D eigenvalue weighted by Crippen LogP contribution is -2.60. The predicted molar refractivity (Wildman–Crippen MR) is 212 cm³/mol. The van der Waals surface area contributed by atoms with Crippen LogP contribution in [0.15, 0.2) is 48.6 Å². The number of unbranched alkanes of at least 4 members (excludes halogenated alkanes) is 17. The molecule has 7 unspecified atom stereocenters. The molecule has 0 aromatic rings. The van der Waals surface area contributed by atoms with E-state index in [-0.39, 0.29) is 12.5 Å². The van der Waals surface area contributed by atoms with Gasteiger partial charge in [0.15, 0.2) is 6.29 Å². The minimum atomic E-state index is -1.57. The fourth-order valence-electron chi connectivity index (χ4n) is 6.17. The van der Waals surface area contributed by atoms with Crippen LogP contribution in [0.2, 0.25) is 0 Å². The summed E-state index contributed by atoms with van der Waals surface area (Å²) in [6.07, 6.45) is 34.5. The number of rotatable bonds is 33. The molecule has 0 bridgehead atoms. The molecule has 0 saturated carbocycles. The van der Waals surface area contributed by atoms with Crippen LogP contribution in [0.5, 0.6) is 0 Å². The number of amides is 1. The van der Waals surface area contributed by atoms with Crippen molar-refractivity contribution >= 4 is 5.91 Å². The molecule has 0 spiro atoms. The zero-order chi connectivity index (χ0) is 38.1. The summed E-state index contributed by atoms with van der Waals surface area (Å²) in [6.45, 7) is 3.67. The van der Waals surface area contributed by atoms with E-state index in [4.69, 9.17) is 9.47 Å². The average molecular weight is 736 g/mol. The summed E-state index contributed by atoms with van der Waals surface area (Å²) in [5.74, 6) is -0.209. The first-order valence-corrected chi connectivity index (χ1v) is 20.9. The molecular weight excluding hydrogens is 658 g/mol. The van der Waals surface area contributed by atoms with Gasteiger partial charge in [-0.25, -0.2) is 0 Å². The molecule has 1 heterocycles. The van der Waals surface area contributed by atoms with Crippen molar-refractivity contribution in [1.82, 2.24) is 5.32 Å². The second-order valence-electron chi connectivity index (χ2n) is 14.4. The van der Waals surface area contributed by atoms with Gasteiger partial charge >= 0.3 is 0 Å². The molecule has 9 nitrogen and oxygen atoms in total. The molecule has 0 aromatic heterocycles. The molecule has 1 aliphatic heterocycles. The van der Waals surface area contributed by atoms with Gasteiger partial charge in [0.05, 0.1) is 25.4 Å². The summed E-state index contributed by atoms with van der Waals surface area (Å²) in [5, 5.41) is 53.9. The Labute approximate surface area is 316 Å². The number of hydrogen-bond acceptors (Lipinski definition) is 8. The van der Waals surface area contributed by atoms with Crippen LogP contribution in [-0.2, 0) is 14.3 Å². The second-order valence-corrected chi connectivity index (χ2v) is 14.4. The highest BCUT2D eigenvalue weighted by atomic mass is 16.7. The molecule has 7 atom stereocenters. The molecule has 1 saturated heterocycles. The van der Waals surface area contributed by atoms with Crippen molar-refractivity contribution in [2.75, 3.05) is 13.2 Å². The number of carbonyl (C=O) groups excluding carboxylic acids is 1. The molecular formula is C43H77NO8. The summed E-state index contributed by atoms with van der Waals surface area (Å²) in [4.78, 5) is 12.8. The fraction of sp³-hybridized carbons (Fsp3) is 0.791. The van der Waals surface area contributed by atoms with Crippen LogP contribution >= 0.6 is 0 Å². The van der Waals surface area contributed by atoms with Gasteiger partial charge in [-0.15, -0.1) is 0 Å². The Balaban J connectivity index is 2.44. The number of allylic oxidation sites excluding steroid dienone is 7. The maximum absolute atomic E-state index is 12.8. The largest absolute Gasteiger partial charge is 0.394 e. The zero-order valence-electron chi connectivity index (χ0n) is 32.8. The quantitative estimate of drug-likeness (QED) is 0.0295. The smallest absolute Gasteiger partial charge is 0.220 e. The van der Waals surface area contributed by atoms with E-state index in [1.165, 1.54) is 77.0 Å². The third-order valence-electron chi connectivity index (χ3n) is 9.60. The Kier molecular flexibility index (Phi) is 31.2. The molecule has 1 fully saturated rings. The first-order chi connectivity index (χ1) is 25.3. The molecule has 6 N–H and O–H groups in total. The first-order valence-electron chi connectivity index (χ1n) is 20.9. The van der Waals surface area contributed by atoms with E-state index in [1.54, 1.807) is 6.08 Å². The highest BCUT2D eigenvalue weighted by Gasteiger charge is 2.44. The van der Waals surface area contributed by atoms with Gasteiger partial charge < -0.3 is 40.3 Å². The summed E-state index contributed by atoms with van der Waals surface area (Å²) in [6, 6.07) is -0.831. The molecule has 0 aromatic carbocycles. The van der Waals surface area contributed by atoms with Crippen molar-refractivity contribution in [2.45, 2.75) is 204 Å². The number of ether oxygens (including phenoxy) is 2. The summed E-state index contributed by atoms with van der Waals surface area (Å²) < 4.78 is 11.1. The van der Waals surface area contributed by atoms with E-state index >= 15 is 0 Å². The monoisotopic (exact) mass is 736 g/mol. The lowest BCUT2D eigenvalue weighted by molar-refractivity contribution is -0.302. The number of hydrogen-bond donors (Lipinski definition) is 6. The highest BCUT2D eigenvalue weighted by Crippen LogP contribution is 2.22. The number of aliphatic hydroxyl groups is 5. The van der Waals surface area contributed by atoms with E-state index < -0.39 is 49.5 Å². The first kappa shape index (κ1) is 48.2. The van der Waals surface area contributed by atoms with E-state index in [0.29, 0.717) is 6.42 Å². The minimum absolute atomic E-state index is 0.209. The summed E-state index contributed by atoms with van der Waals surface area (Å²) in [5.41, 5.74) is 0. The van der Waals surface area contributed by atoms with Crippen LogP contribution in [-0.4, -0.2) is 87.5 Å². The Bertz CT molecular complexity index is 951. The predicted octanol–water partition coefficient (Wildman–Crippen LogP) is 7.89. The Morgan fingerprint density at radius 1 is 0.635 bits per heavy atom. The number of nitrogens with one attached hydrogen (secondary N) is 1. The molecule has 1 rings (SSSR count). The van der Waals surface area contributed by atoms with Gasteiger partial charge in [-0.1, -0.05) is 140 Å². The molecule has 0 radical (unpaired) electrons. The van der Waals surface area contributed by atoms with Crippen molar-refractivity contribution in [3.8, 4) is 0 Å². The molecule has 0 aliphatic carbocycles. The van der Waals surface area contributed by atoms with Crippen LogP contribution in [0.3, 0.4) is 0 Å². The SMILES string of the molecule is CCCC/C=C\CCCCCCC(=O)NC(COC1OC(CO)C(O)C(O)C1O)C(O)/C=C/CC/C=C/CC/C=C/CCCCCCCCCCC. The Morgan fingerprint density at radius 2 is 1.12 bits per heavy atom. The lowest BCUT2D eigenvalue weighted by atomic mass is 9.99. The van der Waals surface area contributed by atoms with E-state index in [0.717, 1.165) is 64.2 Å². The third-order valence-corrected chi connectivity index (χ3v) is 9.60. The standard InChI is InChI=1S/C43H77NO8/c1-3-5-7-9-11-13-15-16-17-18-19-20-21-22-23-24-26-28-30-32-37(46)36(35-51-43-42(50)41(49)40(48)38(34-45)52-43)44-39(47)33-31-29-27-25-14-12-10-8-6-4-2/h10,12,19-20,23-24,30,32,36-38,40-43,45-46,48-50H,3-9,11,13-18,21-22,25-29,31,33-35H2,1-2H3,(H,44,47)/b12-10-,20-19+,24-23+,32-30+. The van der Waals surface area contributed by atoms with Gasteiger partial charge in [0.25, 0.3) is 0 Å². The van der Waals surface area contributed by atoms with Gasteiger partial charge in [0, 0.05) is 6.42 Å². The van der Waals surface area contributed by atoms with Gasteiger partial charge in [0.2, 0.25) is 5.91 Å². The molecule has 52 heavy (non-hydrogen) atoms. The number of carbonyl (C=O) groups is 1. The summed E-state index contributed by atoms with van der Waals surface area (Å²) in [7, 11) is 0. The van der Waals surface area contributed by atoms with Gasteiger partial charge in [-0.05, 0) is 64.2 Å². The fourth-order valence-corrected chi connectivity index (χ4v) is 6.17. The molecule has 9 heteroatoms. The van der Waals surface area contributed by atoms with Crippen molar-refractivity contribution in [3.63, 3.8) is 0 Å². The number of aliphatic hydroxyl groups excluding tert-OH is 5. The topological polar surface area (TPSA) is 149 Å². The zero-order valence-corrected chi connectivity index (χ0v) is 32.8. The average Bonchev–Trinajstić information content (AvgIpc) is 3.14. The minimum Gasteiger partial charge on any atom is -0.394 e. The van der Waals surface area contributed by atoms with Gasteiger partial charge in [-0.3, -0.25) is 4.79 Å². The Hall–Kier alpha value is -1.85. The maximum atomic E-state index is 12.8.